The maximum Gasteiger partial charge on any atom is 0.306 e. The summed E-state index contributed by atoms with van der Waals surface area (Å²) in [6.07, 6.45) is 11.4. The van der Waals surface area contributed by atoms with E-state index in [0.717, 1.165) is 63.3 Å². The summed E-state index contributed by atoms with van der Waals surface area (Å²) in [6, 6.07) is 0. The van der Waals surface area contributed by atoms with Crippen molar-refractivity contribution in [3.63, 3.8) is 0 Å². The first-order valence-corrected chi connectivity index (χ1v) is 15.9. The highest BCUT2D eigenvalue weighted by Crippen LogP contribution is 2.66. The van der Waals surface area contributed by atoms with Crippen LogP contribution in [-0.2, 0) is 16.0 Å². The molecule has 1 saturated heterocycles. The number of nitrogens with zero attached hydrogens (tertiary/aromatic N) is 3. The van der Waals surface area contributed by atoms with Crippen LogP contribution in [0.5, 0.6) is 0 Å². The predicted molar refractivity (Wildman–Crippen MR) is 151 cm³/mol. The van der Waals surface area contributed by atoms with Crippen LogP contribution in [0.3, 0.4) is 0 Å². The third-order valence-electron chi connectivity index (χ3n) is 11.1. The number of aliphatic hydroxyl groups excluding tert-OH is 1. The number of allylic oxidation sites excluding steroid dienone is 2. The van der Waals surface area contributed by atoms with E-state index in [2.05, 4.69) is 37.2 Å². The number of nitrogens with one attached hydrogen (secondary N) is 1. The molecule has 3 fully saturated rings. The number of β-amino-alcohol motifs (C(OH)–C–C–N with tert-alkyl or cyclic N) is 1. The highest BCUT2D eigenvalue weighted by Gasteiger charge is 2.60. The molecule has 7 atom stereocenters. The van der Waals surface area contributed by atoms with Crippen LogP contribution in [0.4, 0.5) is 5.13 Å². The minimum atomic E-state index is -0.516. The van der Waals surface area contributed by atoms with Crippen LogP contribution in [0.2, 0.25) is 0 Å². The molecule has 1 aromatic rings. The number of thiazole rings is 1. The lowest BCUT2D eigenvalue weighted by atomic mass is 9.48. The molecule has 7 nitrogen and oxygen atoms in total. The SMILES string of the molecule is CCCC(=O)O[C@H]1CC[C@H]2[C@@H]3CC=C4c5sc(NN6CCN(CC)CC6O)nc5CC[C@]4(C)[C@H]3CC[C@]12C. The largest absolute Gasteiger partial charge is 0.462 e. The van der Waals surface area contributed by atoms with Crippen LogP contribution >= 0.6 is 11.3 Å². The predicted octanol–water partition coefficient (Wildman–Crippen LogP) is 5.32. The normalized spacial score (nSPS) is 39.0. The molecule has 0 spiro atoms. The molecule has 2 saturated carbocycles. The molecule has 8 heteroatoms. The molecule has 1 aromatic heterocycles. The summed E-state index contributed by atoms with van der Waals surface area (Å²) in [5.41, 5.74) is 6.51. The zero-order chi connectivity index (χ0) is 26.7. The number of carbonyl (C=O) groups is 1. The minimum absolute atomic E-state index is 0.00605. The number of piperazine rings is 1. The number of aryl methyl sites for hydroxylation is 1. The van der Waals surface area contributed by atoms with E-state index in [1.807, 2.05) is 11.9 Å². The number of aliphatic hydroxyl groups is 1. The van der Waals surface area contributed by atoms with E-state index >= 15 is 0 Å². The first-order chi connectivity index (χ1) is 18.3. The van der Waals surface area contributed by atoms with Crippen molar-refractivity contribution in [2.24, 2.45) is 28.6 Å². The maximum atomic E-state index is 12.4. The van der Waals surface area contributed by atoms with Gasteiger partial charge in [0.1, 0.15) is 12.3 Å². The van der Waals surface area contributed by atoms with Crippen LogP contribution in [0.15, 0.2) is 6.08 Å². The maximum absolute atomic E-state index is 12.4. The monoisotopic (exact) mass is 542 g/mol. The van der Waals surface area contributed by atoms with Crippen LogP contribution in [0, 0.1) is 28.6 Å². The number of hydrazine groups is 1. The molecule has 0 aromatic carbocycles. The number of esters is 1. The molecule has 6 rings (SSSR count). The van der Waals surface area contributed by atoms with Crippen molar-refractivity contribution >= 4 is 28.0 Å². The van der Waals surface area contributed by atoms with Crippen LogP contribution < -0.4 is 5.43 Å². The molecule has 38 heavy (non-hydrogen) atoms. The molecule has 0 radical (unpaired) electrons. The van der Waals surface area contributed by atoms with E-state index in [1.165, 1.54) is 29.0 Å². The van der Waals surface area contributed by atoms with Gasteiger partial charge in [-0.05, 0) is 86.7 Å². The first-order valence-electron chi connectivity index (χ1n) is 15.1. The van der Waals surface area contributed by atoms with Crippen LogP contribution in [0.25, 0.3) is 5.57 Å². The smallest absolute Gasteiger partial charge is 0.306 e. The molecule has 210 valence electrons. The molecular formula is C30H46N4O3S. The van der Waals surface area contributed by atoms with Gasteiger partial charge in [-0.2, -0.15) is 5.01 Å². The summed E-state index contributed by atoms with van der Waals surface area (Å²) in [5.74, 6) is 1.99. The van der Waals surface area contributed by atoms with Gasteiger partial charge in [-0.15, -0.1) is 0 Å². The molecule has 4 aliphatic carbocycles. The Morgan fingerprint density at radius 1 is 1.21 bits per heavy atom. The van der Waals surface area contributed by atoms with Gasteiger partial charge in [0.25, 0.3) is 0 Å². The summed E-state index contributed by atoms with van der Waals surface area (Å²) in [4.78, 5) is 21.0. The van der Waals surface area contributed by atoms with E-state index in [0.29, 0.717) is 30.7 Å². The van der Waals surface area contributed by atoms with Crippen molar-refractivity contribution in [1.82, 2.24) is 14.9 Å². The average molecular weight is 543 g/mol. The molecule has 1 aliphatic heterocycles. The topological polar surface area (TPSA) is 77.9 Å². The Morgan fingerprint density at radius 2 is 2.05 bits per heavy atom. The fourth-order valence-electron chi connectivity index (χ4n) is 8.85. The third kappa shape index (κ3) is 4.34. The highest BCUT2D eigenvalue weighted by atomic mass is 32.1. The van der Waals surface area contributed by atoms with Crippen molar-refractivity contribution < 1.29 is 14.6 Å². The van der Waals surface area contributed by atoms with E-state index < -0.39 is 6.23 Å². The molecule has 5 aliphatic rings. The van der Waals surface area contributed by atoms with Gasteiger partial charge in [-0.3, -0.25) is 15.1 Å². The van der Waals surface area contributed by atoms with Gasteiger partial charge >= 0.3 is 5.97 Å². The van der Waals surface area contributed by atoms with E-state index in [9.17, 15) is 9.90 Å². The summed E-state index contributed by atoms with van der Waals surface area (Å²) < 4.78 is 6.07. The Balaban J connectivity index is 1.20. The lowest BCUT2D eigenvalue weighted by Gasteiger charge is -2.56. The average Bonchev–Trinajstić information content (AvgIpc) is 3.45. The quantitative estimate of drug-likeness (QED) is 0.471. The highest BCUT2D eigenvalue weighted by molar-refractivity contribution is 7.16. The number of likely N-dealkylation sites (N-methyl/N-ethyl adjacent to an activating group) is 1. The summed E-state index contributed by atoms with van der Waals surface area (Å²) in [5, 5.41) is 13.5. The number of carbonyl (C=O) groups excluding carboxylic acids is 1. The van der Waals surface area contributed by atoms with Gasteiger partial charge in [-0.25, -0.2) is 4.98 Å². The Labute approximate surface area is 232 Å². The van der Waals surface area contributed by atoms with Gasteiger partial charge in [0.15, 0.2) is 5.13 Å². The van der Waals surface area contributed by atoms with E-state index in [1.54, 1.807) is 11.3 Å². The summed E-state index contributed by atoms with van der Waals surface area (Å²) in [7, 11) is 0. The zero-order valence-electron chi connectivity index (χ0n) is 23.7. The summed E-state index contributed by atoms with van der Waals surface area (Å²) >= 11 is 1.78. The molecule has 2 heterocycles. The van der Waals surface area contributed by atoms with Crippen molar-refractivity contribution in [1.29, 1.82) is 0 Å². The van der Waals surface area contributed by atoms with Gasteiger partial charge in [0, 0.05) is 31.5 Å². The van der Waals surface area contributed by atoms with Gasteiger partial charge < -0.3 is 9.84 Å². The fourth-order valence-corrected chi connectivity index (χ4v) is 10.1. The Morgan fingerprint density at radius 3 is 2.82 bits per heavy atom. The first kappa shape index (κ1) is 26.7. The van der Waals surface area contributed by atoms with Gasteiger partial charge in [-0.1, -0.05) is 45.1 Å². The molecular weight excluding hydrogens is 496 g/mol. The van der Waals surface area contributed by atoms with Crippen molar-refractivity contribution in [3.05, 3.63) is 16.6 Å². The Bertz CT molecular complexity index is 1090. The standard InChI is InChI=1S/C30H46N4O3S/c1-5-7-26(36)37-24-11-10-20-19-8-9-22-27-23(13-15-29(22,3)21(19)12-14-30(20,24)4)31-28(38-27)32-34-17-16-33(6-2)18-25(34)35/h9,19-21,24-25,35H,5-8,10-18H2,1-4H3,(H,31,32)/t19-,20-,21-,24-,25?,29+,30-/m0/s1. The van der Waals surface area contributed by atoms with Crippen LogP contribution in [-0.4, -0.2) is 64.5 Å². The second-order valence-electron chi connectivity index (χ2n) is 13.0. The van der Waals surface area contributed by atoms with Crippen molar-refractivity contribution in [2.75, 3.05) is 31.6 Å². The van der Waals surface area contributed by atoms with Crippen LogP contribution in [0.1, 0.15) is 89.6 Å². The molecule has 2 N–H and O–H groups in total. The second-order valence-corrected chi connectivity index (χ2v) is 14.0. The van der Waals surface area contributed by atoms with Crippen molar-refractivity contribution in [3.8, 4) is 0 Å². The minimum Gasteiger partial charge on any atom is -0.462 e. The Hall–Kier alpha value is -1.48. The molecule has 0 amide bonds. The lowest BCUT2D eigenvalue weighted by molar-refractivity contribution is -0.159. The Kier molecular flexibility index (Phi) is 7.15. The van der Waals surface area contributed by atoms with Gasteiger partial charge in [0.2, 0.25) is 0 Å². The lowest BCUT2D eigenvalue weighted by Crippen LogP contribution is -2.54. The van der Waals surface area contributed by atoms with Gasteiger partial charge in [0.05, 0.1) is 10.6 Å². The number of anilines is 1. The number of ether oxygens (including phenoxy) is 1. The third-order valence-corrected chi connectivity index (χ3v) is 12.1. The number of rotatable bonds is 6. The fraction of sp³-hybridized carbons (Fsp3) is 0.800. The number of hydrogen-bond acceptors (Lipinski definition) is 8. The zero-order valence-corrected chi connectivity index (χ0v) is 24.5. The number of aromatic nitrogens is 1. The van der Waals surface area contributed by atoms with Crippen molar-refractivity contribution in [2.45, 2.75) is 97.8 Å². The molecule has 1 unspecified atom stereocenters. The number of fused-ring (bicyclic) bond motifs is 7. The number of hydrogen-bond donors (Lipinski definition) is 2. The summed E-state index contributed by atoms with van der Waals surface area (Å²) in [6.45, 7) is 12.5. The van der Waals surface area contributed by atoms with E-state index in [-0.39, 0.29) is 22.9 Å². The van der Waals surface area contributed by atoms with E-state index in [4.69, 9.17) is 9.72 Å². The second kappa shape index (κ2) is 10.2. The molecule has 0 bridgehead atoms.